The van der Waals surface area contributed by atoms with Gasteiger partial charge in [0.05, 0.1) is 5.39 Å². The molecule has 1 saturated heterocycles. The molecule has 1 aliphatic rings. The number of carbonyl (C=O) groups is 1. The quantitative estimate of drug-likeness (QED) is 0.264. The fourth-order valence-electron chi connectivity index (χ4n) is 5.84. The Balaban J connectivity index is 1.25. The molecule has 0 bridgehead atoms. The van der Waals surface area contributed by atoms with Crippen LogP contribution in [0.5, 0.6) is 0 Å². The Morgan fingerprint density at radius 1 is 0.750 bits per heavy atom. The van der Waals surface area contributed by atoms with Gasteiger partial charge in [-0.2, -0.15) is 0 Å². The van der Waals surface area contributed by atoms with E-state index in [4.69, 9.17) is 9.97 Å². The second kappa shape index (κ2) is 9.97. The lowest BCUT2D eigenvalue weighted by atomic mass is 10.0. The molecule has 0 atom stereocenters. The number of piperazine rings is 1. The van der Waals surface area contributed by atoms with Crippen LogP contribution >= 0.6 is 0 Å². The summed E-state index contributed by atoms with van der Waals surface area (Å²) in [7, 11) is 0. The maximum absolute atomic E-state index is 13.6. The standard InChI is InChI=1S/C34H29N5O/c1-24-10-5-8-17-30(24)39-22-29(26-11-3-2-4-12-26)31-32(35-23-36-33(31)39)37-18-20-38(21-19-37)34(40)28-16-9-14-25-13-6-7-15-27(25)28/h2-17,22-23H,18-21H2,1H3. The number of aryl methyl sites for hydroxylation is 1. The number of benzene rings is 4. The number of carbonyl (C=O) groups excluding carboxylic acids is 1. The monoisotopic (exact) mass is 523 g/mol. The van der Waals surface area contributed by atoms with E-state index in [0.717, 1.165) is 50.0 Å². The SMILES string of the molecule is Cc1ccccc1-n1cc(-c2ccccc2)c2c(N3CCN(C(=O)c4cccc5ccccc45)CC3)ncnc21. The molecule has 6 heteroatoms. The van der Waals surface area contributed by atoms with Crippen LogP contribution in [0.4, 0.5) is 5.82 Å². The fraction of sp³-hybridized carbons (Fsp3) is 0.147. The summed E-state index contributed by atoms with van der Waals surface area (Å²) >= 11 is 0. The van der Waals surface area contributed by atoms with Crippen molar-refractivity contribution in [3.63, 3.8) is 0 Å². The predicted molar refractivity (Wildman–Crippen MR) is 161 cm³/mol. The summed E-state index contributed by atoms with van der Waals surface area (Å²) in [6.07, 6.45) is 3.84. The molecule has 2 aromatic heterocycles. The number of hydrogen-bond donors (Lipinski definition) is 0. The molecule has 0 spiro atoms. The van der Waals surface area contributed by atoms with E-state index < -0.39 is 0 Å². The van der Waals surface area contributed by atoms with Crippen LogP contribution in [0.15, 0.2) is 110 Å². The van der Waals surface area contributed by atoms with Crippen LogP contribution in [0.25, 0.3) is 38.6 Å². The van der Waals surface area contributed by atoms with Crippen molar-refractivity contribution in [1.29, 1.82) is 0 Å². The van der Waals surface area contributed by atoms with Gasteiger partial charge >= 0.3 is 0 Å². The summed E-state index contributed by atoms with van der Waals surface area (Å²) in [5.41, 5.74) is 6.15. The first-order valence-corrected chi connectivity index (χ1v) is 13.7. The molecule has 0 aliphatic carbocycles. The van der Waals surface area contributed by atoms with Gasteiger partial charge in [0.25, 0.3) is 5.91 Å². The van der Waals surface area contributed by atoms with Gasteiger partial charge in [0.15, 0.2) is 5.65 Å². The second-order valence-corrected chi connectivity index (χ2v) is 10.3. The molecule has 0 unspecified atom stereocenters. The average molecular weight is 524 g/mol. The van der Waals surface area contributed by atoms with E-state index >= 15 is 0 Å². The van der Waals surface area contributed by atoms with Crippen molar-refractivity contribution in [1.82, 2.24) is 19.4 Å². The Morgan fingerprint density at radius 2 is 1.48 bits per heavy atom. The van der Waals surface area contributed by atoms with Crippen LogP contribution in [-0.4, -0.2) is 51.5 Å². The number of aromatic nitrogens is 3. The Morgan fingerprint density at radius 3 is 2.30 bits per heavy atom. The van der Waals surface area contributed by atoms with Crippen molar-refractivity contribution in [3.8, 4) is 16.8 Å². The molecule has 0 radical (unpaired) electrons. The number of amides is 1. The minimum absolute atomic E-state index is 0.0833. The lowest BCUT2D eigenvalue weighted by Gasteiger charge is -2.36. The minimum atomic E-state index is 0.0833. The summed E-state index contributed by atoms with van der Waals surface area (Å²) in [5.74, 6) is 0.994. The fourth-order valence-corrected chi connectivity index (χ4v) is 5.84. The van der Waals surface area contributed by atoms with Gasteiger partial charge in [0.1, 0.15) is 12.1 Å². The molecule has 1 aliphatic heterocycles. The summed E-state index contributed by atoms with van der Waals surface area (Å²) in [6, 6.07) is 32.8. The first-order valence-electron chi connectivity index (χ1n) is 13.7. The van der Waals surface area contributed by atoms with Gasteiger partial charge < -0.3 is 14.4 Å². The molecule has 4 aromatic carbocycles. The zero-order valence-electron chi connectivity index (χ0n) is 22.4. The molecular weight excluding hydrogens is 494 g/mol. The maximum atomic E-state index is 13.6. The molecule has 7 rings (SSSR count). The average Bonchev–Trinajstić information content (AvgIpc) is 3.41. The summed E-state index contributed by atoms with van der Waals surface area (Å²) in [5, 5.41) is 3.12. The molecule has 3 heterocycles. The third-order valence-electron chi connectivity index (χ3n) is 7.91. The van der Waals surface area contributed by atoms with E-state index in [-0.39, 0.29) is 5.91 Å². The largest absolute Gasteiger partial charge is 0.352 e. The van der Waals surface area contributed by atoms with Crippen LogP contribution in [0.1, 0.15) is 15.9 Å². The van der Waals surface area contributed by atoms with E-state index in [0.29, 0.717) is 26.2 Å². The summed E-state index contributed by atoms with van der Waals surface area (Å²) in [6.45, 7) is 4.79. The highest BCUT2D eigenvalue weighted by Crippen LogP contribution is 2.37. The third kappa shape index (κ3) is 4.09. The normalized spacial score (nSPS) is 13.7. The summed E-state index contributed by atoms with van der Waals surface area (Å²) < 4.78 is 2.18. The second-order valence-electron chi connectivity index (χ2n) is 10.3. The van der Waals surface area contributed by atoms with Gasteiger partial charge in [-0.05, 0) is 41.0 Å². The number of nitrogens with zero attached hydrogens (tertiary/aromatic N) is 5. The zero-order valence-corrected chi connectivity index (χ0v) is 22.4. The third-order valence-corrected chi connectivity index (χ3v) is 7.91. The molecule has 40 heavy (non-hydrogen) atoms. The molecule has 1 amide bonds. The van der Waals surface area contributed by atoms with Crippen LogP contribution in [-0.2, 0) is 0 Å². The smallest absolute Gasteiger partial charge is 0.254 e. The van der Waals surface area contributed by atoms with Gasteiger partial charge in [0.2, 0.25) is 0 Å². The molecule has 1 fully saturated rings. The maximum Gasteiger partial charge on any atom is 0.254 e. The number of fused-ring (bicyclic) bond motifs is 2. The molecular formula is C34H29N5O. The van der Waals surface area contributed by atoms with E-state index in [1.54, 1.807) is 6.33 Å². The van der Waals surface area contributed by atoms with Crippen LogP contribution in [0.2, 0.25) is 0 Å². The highest BCUT2D eigenvalue weighted by Gasteiger charge is 2.27. The van der Waals surface area contributed by atoms with Crippen molar-refractivity contribution in [2.45, 2.75) is 6.92 Å². The van der Waals surface area contributed by atoms with Gasteiger partial charge in [0, 0.05) is 49.2 Å². The Hall–Kier alpha value is -4.97. The zero-order chi connectivity index (χ0) is 27.1. The summed E-state index contributed by atoms with van der Waals surface area (Å²) in [4.78, 5) is 27.4. The highest BCUT2D eigenvalue weighted by molar-refractivity contribution is 6.07. The van der Waals surface area contributed by atoms with Crippen LogP contribution in [0.3, 0.4) is 0 Å². The van der Waals surface area contributed by atoms with Gasteiger partial charge in [-0.1, -0.05) is 84.9 Å². The Kier molecular flexibility index (Phi) is 6.00. The molecule has 0 saturated carbocycles. The highest BCUT2D eigenvalue weighted by atomic mass is 16.2. The van der Waals surface area contributed by atoms with E-state index in [1.165, 1.54) is 5.56 Å². The van der Waals surface area contributed by atoms with E-state index in [2.05, 4.69) is 83.3 Å². The van der Waals surface area contributed by atoms with E-state index in [1.807, 2.05) is 41.3 Å². The predicted octanol–water partition coefficient (Wildman–Crippen LogP) is 6.51. The number of para-hydroxylation sites is 1. The van der Waals surface area contributed by atoms with Crippen molar-refractivity contribution >= 4 is 33.5 Å². The van der Waals surface area contributed by atoms with Gasteiger partial charge in [-0.15, -0.1) is 0 Å². The van der Waals surface area contributed by atoms with Gasteiger partial charge in [-0.3, -0.25) is 4.79 Å². The Labute approximate surface area is 233 Å². The first-order chi connectivity index (χ1) is 19.7. The van der Waals surface area contributed by atoms with E-state index in [9.17, 15) is 4.79 Å². The van der Waals surface area contributed by atoms with Crippen molar-refractivity contribution in [3.05, 3.63) is 121 Å². The molecule has 6 nitrogen and oxygen atoms in total. The lowest BCUT2D eigenvalue weighted by molar-refractivity contribution is 0.0748. The number of anilines is 1. The number of rotatable bonds is 4. The number of hydrogen-bond acceptors (Lipinski definition) is 4. The van der Waals surface area contributed by atoms with Crippen LogP contribution in [0, 0.1) is 6.92 Å². The molecule has 0 N–H and O–H groups in total. The van der Waals surface area contributed by atoms with Crippen molar-refractivity contribution in [2.75, 3.05) is 31.1 Å². The topological polar surface area (TPSA) is 54.3 Å². The lowest BCUT2D eigenvalue weighted by Crippen LogP contribution is -2.49. The van der Waals surface area contributed by atoms with Crippen molar-refractivity contribution in [2.24, 2.45) is 0 Å². The minimum Gasteiger partial charge on any atom is -0.352 e. The van der Waals surface area contributed by atoms with Crippen LogP contribution < -0.4 is 4.90 Å². The van der Waals surface area contributed by atoms with Crippen molar-refractivity contribution < 1.29 is 4.79 Å². The van der Waals surface area contributed by atoms with Gasteiger partial charge in [-0.25, -0.2) is 9.97 Å². The Bertz CT molecular complexity index is 1850. The molecule has 196 valence electrons. The first kappa shape index (κ1) is 24.1. The molecule has 6 aromatic rings.